The van der Waals surface area contributed by atoms with Crippen molar-refractivity contribution in [2.75, 3.05) is 7.11 Å². The van der Waals surface area contributed by atoms with Gasteiger partial charge in [0.05, 0.1) is 0 Å². The molecule has 0 bridgehead atoms. The summed E-state index contributed by atoms with van der Waals surface area (Å²) in [4.78, 5) is 0. The maximum Gasteiger partial charge on any atom is 0.507 e. The molecule has 0 aliphatic heterocycles. The maximum atomic E-state index is 10.4. The summed E-state index contributed by atoms with van der Waals surface area (Å²) in [6, 6.07) is 0. The highest BCUT2D eigenvalue weighted by molar-refractivity contribution is 7.48. The molecule has 0 saturated heterocycles. The first-order valence-corrected chi connectivity index (χ1v) is 3.07. The van der Waals surface area contributed by atoms with E-state index in [1.165, 1.54) is 0 Å². The number of hydrogen-bond donors (Lipinski definition) is 2. The summed E-state index contributed by atoms with van der Waals surface area (Å²) in [5.74, 6) is 8.87. The van der Waals surface area contributed by atoms with Gasteiger partial charge in [-0.05, 0) is 0 Å². The molecule has 0 amide bonds. The Balaban J connectivity index is 3.79. The summed E-state index contributed by atoms with van der Waals surface area (Å²) in [6.07, 6.45) is 0. The van der Waals surface area contributed by atoms with E-state index in [0.717, 1.165) is 7.11 Å². The molecular formula is CH7N2O4P. The Hall–Kier alpha value is 0.0300. The normalized spacial score (nSPS) is 11.9. The van der Waals surface area contributed by atoms with E-state index in [0.29, 0.717) is 0 Å². The number of rotatable bonds is 3. The standard InChI is InChI=1S/CH7N2O4P/c1-5-8(4,6-2)7-3/h2-3H2,1H3. The van der Waals surface area contributed by atoms with Crippen LogP contribution in [-0.2, 0) is 18.3 Å². The van der Waals surface area contributed by atoms with Gasteiger partial charge >= 0.3 is 7.82 Å². The molecule has 7 heteroatoms. The lowest BCUT2D eigenvalue weighted by atomic mass is 11.8. The summed E-state index contributed by atoms with van der Waals surface area (Å²) >= 11 is 0. The summed E-state index contributed by atoms with van der Waals surface area (Å²) in [6.45, 7) is 0. The second kappa shape index (κ2) is 3.13. The zero-order valence-electron chi connectivity index (χ0n) is 4.23. The van der Waals surface area contributed by atoms with Crippen LogP contribution < -0.4 is 11.8 Å². The SMILES string of the molecule is COP(=O)(ON)ON. The van der Waals surface area contributed by atoms with E-state index in [9.17, 15) is 4.57 Å². The van der Waals surface area contributed by atoms with Crippen LogP contribution in [0.1, 0.15) is 0 Å². The van der Waals surface area contributed by atoms with Gasteiger partial charge in [0.25, 0.3) is 0 Å². The Labute approximate surface area is 46.2 Å². The van der Waals surface area contributed by atoms with Crippen molar-refractivity contribution >= 4 is 7.82 Å². The minimum absolute atomic E-state index is 1.10. The lowest BCUT2D eigenvalue weighted by Crippen LogP contribution is -2.05. The summed E-state index contributed by atoms with van der Waals surface area (Å²) in [7, 11) is -2.51. The predicted molar refractivity (Wildman–Crippen MR) is 25.2 cm³/mol. The monoisotopic (exact) mass is 142 g/mol. The van der Waals surface area contributed by atoms with Crippen molar-refractivity contribution in [2.45, 2.75) is 0 Å². The summed E-state index contributed by atoms with van der Waals surface area (Å²) in [5, 5.41) is 0. The second-order valence-electron chi connectivity index (χ2n) is 0.841. The first-order valence-electron chi connectivity index (χ1n) is 1.61. The van der Waals surface area contributed by atoms with E-state index in [-0.39, 0.29) is 0 Å². The largest absolute Gasteiger partial charge is 0.507 e. The van der Waals surface area contributed by atoms with Gasteiger partial charge in [-0.2, -0.15) is 9.25 Å². The molecule has 4 N–H and O–H groups in total. The predicted octanol–water partition coefficient (Wildman–Crippen LogP) is -0.479. The first-order chi connectivity index (χ1) is 3.68. The van der Waals surface area contributed by atoms with Crippen molar-refractivity contribution < 1.29 is 18.3 Å². The molecule has 0 aliphatic rings. The third-order valence-electron chi connectivity index (χ3n) is 0.482. The van der Waals surface area contributed by atoms with Crippen molar-refractivity contribution in [3.8, 4) is 0 Å². The molecule has 0 aromatic carbocycles. The lowest BCUT2D eigenvalue weighted by Gasteiger charge is -2.06. The summed E-state index contributed by atoms with van der Waals surface area (Å²) in [5.41, 5.74) is 0. The molecule has 6 nitrogen and oxygen atoms in total. The first kappa shape index (κ1) is 8.03. The van der Waals surface area contributed by atoms with Gasteiger partial charge < -0.3 is 0 Å². The van der Waals surface area contributed by atoms with Crippen LogP contribution in [0.4, 0.5) is 0 Å². The fraction of sp³-hybridized carbons (Fsp3) is 1.00. The smallest absolute Gasteiger partial charge is 0.288 e. The number of phosphoric acid groups is 1. The third-order valence-corrected chi connectivity index (χ3v) is 1.45. The fourth-order valence-corrected chi connectivity index (χ4v) is 0.333. The Morgan fingerprint density at radius 1 is 1.38 bits per heavy atom. The van der Waals surface area contributed by atoms with Gasteiger partial charge in [-0.3, -0.25) is 4.52 Å². The average Bonchev–Trinajstić information content (AvgIpc) is 1.87. The lowest BCUT2D eigenvalue weighted by molar-refractivity contribution is 0.133. The number of hydrogen-bond acceptors (Lipinski definition) is 6. The van der Waals surface area contributed by atoms with Gasteiger partial charge in [0.2, 0.25) is 0 Å². The quantitative estimate of drug-likeness (QED) is 0.408. The van der Waals surface area contributed by atoms with Crippen LogP contribution in [0.2, 0.25) is 0 Å². The van der Waals surface area contributed by atoms with Gasteiger partial charge in [-0.1, -0.05) is 0 Å². The van der Waals surface area contributed by atoms with Crippen LogP contribution in [0.15, 0.2) is 0 Å². The van der Waals surface area contributed by atoms with Gasteiger partial charge in [-0.25, -0.2) is 16.4 Å². The molecule has 0 saturated carbocycles. The van der Waals surface area contributed by atoms with Gasteiger partial charge in [0.1, 0.15) is 0 Å². The summed E-state index contributed by atoms with van der Waals surface area (Å²) < 4.78 is 21.9. The maximum absolute atomic E-state index is 10.4. The molecule has 0 unspecified atom stereocenters. The van der Waals surface area contributed by atoms with Crippen molar-refractivity contribution in [3.63, 3.8) is 0 Å². The highest BCUT2D eigenvalue weighted by Gasteiger charge is 2.21. The Bertz CT molecular complexity index is 85.2. The van der Waals surface area contributed by atoms with E-state index >= 15 is 0 Å². The van der Waals surface area contributed by atoms with Crippen LogP contribution in [-0.4, -0.2) is 7.11 Å². The van der Waals surface area contributed by atoms with Gasteiger partial charge in [0.15, 0.2) is 0 Å². The molecule has 8 heavy (non-hydrogen) atoms. The highest BCUT2D eigenvalue weighted by atomic mass is 31.2. The van der Waals surface area contributed by atoms with Crippen molar-refractivity contribution in [1.82, 2.24) is 0 Å². The molecular weight excluding hydrogens is 135 g/mol. The van der Waals surface area contributed by atoms with Crippen molar-refractivity contribution in [2.24, 2.45) is 11.8 Å². The van der Waals surface area contributed by atoms with E-state index in [2.05, 4.69) is 25.6 Å². The molecule has 0 fully saturated rings. The molecule has 50 valence electrons. The van der Waals surface area contributed by atoms with Crippen molar-refractivity contribution in [3.05, 3.63) is 0 Å². The Morgan fingerprint density at radius 2 is 1.75 bits per heavy atom. The van der Waals surface area contributed by atoms with E-state index in [1.807, 2.05) is 0 Å². The third kappa shape index (κ3) is 1.87. The topological polar surface area (TPSA) is 96.8 Å². The fourth-order valence-electron chi connectivity index (χ4n) is 0.111. The van der Waals surface area contributed by atoms with Crippen LogP contribution in [0.25, 0.3) is 0 Å². The minimum Gasteiger partial charge on any atom is -0.288 e. The molecule has 0 aromatic rings. The average molecular weight is 142 g/mol. The molecule has 0 spiro atoms. The zero-order valence-corrected chi connectivity index (χ0v) is 5.13. The zero-order chi connectivity index (χ0) is 6.62. The molecule has 0 radical (unpaired) electrons. The molecule has 0 aliphatic carbocycles. The van der Waals surface area contributed by atoms with Gasteiger partial charge in [0, 0.05) is 7.11 Å². The molecule has 0 atom stereocenters. The minimum atomic E-state index is -3.61. The van der Waals surface area contributed by atoms with Crippen LogP contribution >= 0.6 is 7.82 Å². The molecule has 0 rings (SSSR count). The van der Waals surface area contributed by atoms with Crippen LogP contribution in [0, 0.1) is 0 Å². The van der Waals surface area contributed by atoms with E-state index < -0.39 is 7.82 Å². The van der Waals surface area contributed by atoms with Crippen LogP contribution in [0.5, 0.6) is 0 Å². The van der Waals surface area contributed by atoms with Crippen LogP contribution in [0.3, 0.4) is 0 Å². The van der Waals surface area contributed by atoms with Crippen molar-refractivity contribution in [1.29, 1.82) is 0 Å². The second-order valence-corrected chi connectivity index (χ2v) is 2.52. The Kier molecular flexibility index (Phi) is 3.15. The van der Waals surface area contributed by atoms with E-state index in [1.54, 1.807) is 0 Å². The van der Waals surface area contributed by atoms with E-state index in [4.69, 9.17) is 0 Å². The highest BCUT2D eigenvalue weighted by Crippen LogP contribution is 2.44. The van der Waals surface area contributed by atoms with Gasteiger partial charge in [-0.15, -0.1) is 0 Å². The number of nitrogens with two attached hydrogens (primary N) is 2. The molecule has 0 aromatic heterocycles. The Morgan fingerprint density at radius 3 is 1.75 bits per heavy atom. The molecule has 0 heterocycles.